The molecule has 2 saturated heterocycles. The second kappa shape index (κ2) is 14.9. The molecule has 0 aromatic rings. The maximum absolute atomic E-state index is 14.6. The molecule has 20 atom stereocenters. The van der Waals surface area contributed by atoms with Gasteiger partial charge < -0.3 is 70.0 Å². The smallest absolute Gasteiger partial charge is 0.315 e. The van der Waals surface area contributed by atoms with Crippen LogP contribution in [0, 0.1) is 50.2 Å². The number of aliphatic hydroxyl groups is 10. The highest BCUT2D eigenvalue weighted by atomic mass is 16.7. The van der Waals surface area contributed by atoms with Crippen molar-refractivity contribution in [3.63, 3.8) is 0 Å². The lowest BCUT2D eigenvalue weighted by Crippen LogP contribution is -2.69. The normalized spacial score (nSPS) is 54.7. The number of hydrogen-bond donors (Lipinski definition) is 10. The molecule has 7 aliphatic rings. The third-order valence-electron chi connectivity index (χ3n) is 17.3. The van der Waals surface area contributed by atoms with E-state index in [-0.39, 0.29) is 40.6 Å². The lowest BCUT2D eigenvalue weighted by molar-refractivity contribution is -0.345. The van der Waals surface area contributed by atoms with Gasteiger partial charge in [-0.25, -0.2) is 0 Å². The molecule has 2 aliphatic heterocycles. The zero-order valence-corrected chi connectivity index (χ0v) is 34.2. The highest BCUT2D eigenvalue weighted by molar-refractivity contribution is 5.79. The lowest BCUT2D eigenvalue weighted by atomic mass is 9.33. The fraction of sp³-hybridized carbons (Fsp3) is 0.929. The number of carbonyl (C=O) groups excluding carboxylic acids is 1. The maximum atomic E-state index is 14.6. The first-order valence-corrected chi connectivity index (χ1v) is 21.1. The molecule has 15 heteroatoms. The summed E-state index contributed by atoms with van der Waals surface area (Å²) in [6, 6.07) is 0. The minimum atomic E-state index is -1.70. The summed E-state index contributed by atoms with van der Waals surface area (Å²) in [7, 11) is 0. The van der Waals surface area contributed by atoms with Gasteiger partial charge in [0.15, 0.2) is 6.29 Å². The van der Waals surface area contributed by atoms with Crippen molar-refractivity contribution >= 4 is 5.97 Å². The van der Waals surface area contributed by atoms with E-state index in [9.17, 15) is 55.9 Å². The molecule has 326 valence electrons. The third-order valence-corrected chi connectivity index (χ3v) is 17.3. The highest BCUT2D eigenvalue weighted by Crippen LogP contribution is 2.76. The molecule has 2 heterocycles. The Kier molecular flexibility index (Phi) is 11.5. The van der Waals surface area contributed by atoms with Crippen molar-refractivity contribution in [1.29, 1.82) is 0 Å². The van der Waals surface area contributed by atoms with Crippen molar-refractivity contribution in [2.24, 2.45) is 50.2 Å². The van der Waals surface area contributed by atoms with Crippen LogP contribution in [-0.2, 0) is 23.7 Å². The van der Waals surface area contributed by atoms with Gasteiger partial charge in [0, 0.05) is 5.41 Å². The van der Waals surface area contributed by atoms with E-state index in [0.717, 1.165) is 19.3 Å². The van der Waals surface area contributed by atoms with Crippen LogP contribution >= 0.6 is 0 Å². The van der Waals surface area contributed by atoms with E-state index < -0.39 is 109 Å². The summed E-state index contributed by atoms with van der Waals surface area (Å²) in [6.07, 6.45) is -9.20. The van der Waals surface area contributed by atoms with Crippen molar-refractivity contribution in [1.82, 2.24) is 0 Å². The summed E-state index contributed by atoms with van der Waals surface area (Å²) < 4.78 is 23.6. The Morgan fingerprint density at radius 1 is 0.719 bits per heavy atom. The molecule has 0 bridgehead atoms. The van der Waals surface area contributed by atoms with Crippen molar-refractivity contribution in [2.75, 3.05) is 19.8 Å². The minimum absolute atomic E-state index is 0.0661. The first-order chi connectivity index (χ1) is 26.6. The topological polar surface area (TPSA) is 256 Å². The van der Waals surface area contributed by atoms with Gasteiger partial charge in [-0.05, 0) is 97.2 Å². The average molecular weight is 813 g/mol. The first-order valence-electron chi connectivity index (χ1n) is 21.1. The van der Waals surface area contributed by atoms with Crippen molar-refractivity contribution in [3.05, 3.63) is 11.6 Å². The van der Waals surface area contributed by atoms with E-state index in [1.807, 2.05) is 6.92 Å². The van der Waals surface area contributed by atoms with Gasteiger partial charge in [-0.15, -0.1) is 0 Å². The molecule has 57 heavy (non-hydrogen) atoms. The summed E-state index contributed by atoms with van der Waals surface area (Å²) in [5, 5.41) is 106. The fourth-order valence-electron chi connectivity index (χ4n) is 13.7. The summed E-state index contributed by atoms with van der Waals surface area (Å²) >= 11 is 0. The van der Waals surface area contributed by atoms with Gasteiger partial charge in [-0.3, -0.25) is 4.79 Å². The van der Waals surface area contributed by atoms with Crippen LogP contribution in [0.1, 0.15) is 99.3 Å². The highest BCUT2D eigenvalue weighted by Gasteiger charge is 2.71. The molecule has 0 aromatic heterocycles. The second-order valence-electron chi connectivity index (χ2n) is 20.7. The standard InChI is InChI=1S/C42H68O15/c1-37(2)11-13-42(36(53)57-35-32(52)30(50)28(48)24(18-44)55-35)14-12-40(5)20(21(42)15-37)7-8-26-38(3)16-22(46)33(39(4,19-45)25(38)9-10-41(26,40)6)56-34-31(51)29(49)27(47)23(17-43)54-34/h7,21-35,43-52H,8-19H2,1-6H3/t21-,22+,23+,24+,25+,26+,27+,28+,29-,30-,31+,32+,33-,34-,35-,38-,39-,40+,41+,42-/m0/s1. The van der Waals surface area contributed by atoms with Gasteiger partial charge in [0.2, 0.25) is 6.29 Å². The lowest BCUT2D eigenvalue weighted by Gasteiger charge is -2.72. The van der Waals surface area contributed by atoms with Crippen LogP contribution in [0.2, 0.25) is 0 Å². The largest absolute Gasteiger partial charge is 0.432 e. The van der Waals surface area contributed by atoms with Gasteiger partial charge in [0.1, 0.15) is 48.8 Å². The maximum Gasteiger partial charge on any atom is 0.315 e. The third kappa shape index (κ3) is 6.43. The number of ether oxygens (including phenoxy) is 4. The number of esters is 1. The summed E-state index contributed by atoms with van der Waals surface area (Å²) in [4.78, 5) is 14.6. The van der Waals surface area contributed by atoms with Crippen LogP contribution in [0.25, 0.3) is 0 Å². The Morgan fingerprint density at radius 2 is 1.30 bits per heavy atom. The molecule has 0 amide bonds. The molecule has 0 radical (unpaired) electrons. The molecule has 15 nitrogen and oxygen atoms in total. The van der Waals surface area contributed by atoms with Gasteiger partial charge in [-0.2, -0.15) is 0 Å². The molecule has 6 fully saturated rings. The Balaban J connectivity index is 1.19. The predicted octanol–water partition coefficient (Wildman–Crippen LogP) is 0.260. The molecule has 7 rings (SSSR count). The Hall–Kier alpha value is -1.31. The van der Waals surface area contributed by atoms with Crippen LogP contribution in [0.3, 0.4) is 0 Å². The van der Waals surface area contributed by atoms with Crippen molar-refractivity contribution < 1.29 is 74.8 Å². The van der Waals surface area contributed by atoms with Crippen LogP contribution < -0.4 is 0 Å². The SMILES string of the molecule is CC1(C)CC[C@]2(C(=O)O[C@@H]3O[C@H](CO)[C@@H](O)[C@H](O)[C@H]3O)CC[C@]3(C)C(=CC[C@@H]4[C@@]5(C)C[C@@H](O)[C@H](O[C@@H]6O[C@H](CO)[C@@H](O)[C@H](O)[C@H]6O)[C@@](C)(CO)[C@@H]5CC[C@]43C)[C@@H]2C1. The predicted molar refractivity (Wildman–Crippen MR) is 200 cm³/mol. The van der Waals surface area contributed by atoms with Gasteiger partial charge in [0.05, 0.1) is 37.4 Å². The number of carbonyl (C=O) groups is 1. The quantitative estimate of drug-likeness (QED) is 0.0940. The number of rotatable bonds is 7. The van der Waals surface area contributed by atoms with Crippen LogP contribution in [0.4, 0.5) is 0 Å². The average Bonchev–Trinajstić information content (AvgIpc) is 3.16. The molecule has 10 N–H and O–H groups in total. The monoisotopic (exact) mass is 812 g/mol. The zero-order valence-electron chi connectivity index (χ0n) is 34.2. The zero-order chi connectivity index (χ0) is 41.8. The van der Waals surface area contributed by atoms with E-state index in [1.165, 1.54) is 5.57 Å². The first kappa shape index (κ1) is 43.8. The van der Waals surface area contributed by atoms with E-state index in [4.69, 9.17) is 18.9 Å². The number of fused-ring (bicyclic) bond motifs is 7. The molecule has 0 aromatic carbocycles. The Labute approximate surface area is 335 Å². The van der Waals surface area contributed by atoms with Crippen LogP contribution in [0.5, 0.6) is 0 Å². The number of hydrogen-bond acceptors (Lipinski definition) is 15. The molecule has 0 unspecified atom stereocenters. The van der Waals surface area contributed by atoms with Gasteiger partial charge in [0.25, 0.3) is 0 Å². The molecular weight excluding hydrogens is 744 g/mol. The van der Waals surface area contributed by atoms with Crippen LogP contribution in [-0.4, -0.2) is 150 Å². The molecule has 0 spiro atoms. The molecule has 4 saturated carbocycles. The van der Waals surface area contributed by atoms with Gasteiger partial charge in [-0.1, -0.05) is 53.2 Å². The Morgan fingerprint density at radius 3 is 1.89 bits per heavy atom. The number of allylic oxidation sites excluding steroid dienone is 2. The van der Waals surface area contributed by atoms with E-state index in [1.54, 1.807) is 0 Å². The molecule has 5 aliphatic carbocycles. The number of aliphatic hydroxyl groups excluding tert-OH is 10. The van der Waals surface area contributed by atoms with Crippen molar-refractivity contribution in [2.45, 2.75) is 173 Å². The summed E-state index contributed by atoms with van der Waals surface area (Å²) in [5.74, 6) is -0.763. The van der Waals surface area contributed by atoms with Gasteiger partial charge >= 0.3 is 5.97 Å². The van der Waals surface area contributed by atoms with E-state index in [2.05, 4.69) is 40.7 Å². The van der Waals surface area contributed by atoms with Crippen LogP contribution in [0.15, 0.2) is 11.6 Å². The van der Waals surface area contributed by atoms with Crippen molar-refractivity contribution in [3.8, 4) is 0 Å². The Bertz CT molecular complexity index is 1540. The second-order valence-corrected chi connectivity index (χ2v) is 20.7. The summed E-state index contributed by atoms with van der Waals surface area (Å²) in [6.45, 7) is 11.6. The fourth-order valence-corrected chi connectivity index (χ4v) is 13.7. The molecular formula is C42H68O15. The minimum Gasteiger partial charge on any atom is -0.432 e. The summed E-state index contributed by atoms with van der Waals surface area (Å²) in [5.41, 5.74) is -1.89. The van der Waals surface area contributed by atoms with E-state index in [0.29, 0.717) is 38.5 Å². The van der Waals surface area contributed by atoms with E-state index >= 15 is 0 Å².